The van der Waals surface area contributed by atoms with Crippen molar-refractivity contribution < 1.29 is 0 Å². The number of rotatable bonds is 5. The van der Waals surface area contributed by atoms with E-state index in [1.807, 2.05) is 0 Å². The highest BCUT2D eigenvalue weighted by molar-refractivity contribution is 7.80. The lowest BCUT2D eigenvalue weighted by Crippen LogP contribution is -2.39. The lowest BCUT2D eigenvalue weighted by molar-refractivity contribution is 0.159. The molecule has 1 unspecified atom stereocenters. The van der Waals surface area contributed by atoms with Gasteiger partial charge in [0.1, 0.15) is 0 Å². The summed E-state index contributed by atoms with van der Waals surface area (Å²) in [5, 5.41) is 8.13. The Morgan fingerprint density at radius 1 is 1.27 bits per heavy atom. The zero-order valence-corrected chi connectivity index (χ0v) is 15.2. The number of hydrogen-bond acceptors (Lipinski definition) is 2. The summed E-state index contributed by atoms with van der Waals surface area (Å²) < 4.78 is 0. The zero-order valence-electron chi connectivity index (χ0n) is 12.9. The van der Waals surface area contributed by atoms with Crippen molar-refractivity contribution in [1.82, 2.24) is 10.2 Å². The van der Waals surface area contributed by atoms with Gasteiger partial charge in [0.2, 0.25) is 0 Å². The average Bonchev–Trinajstić information content (AvgIpc) is 2.44. The van der Waals surface area contributed by atoms with Gasteiger partial charge < -0.3 is 15.5 Å². The van der Waals surface area contributed by atoms with Crippen LogP contribution in [0, 0.1) is 0 Å². The minimum atomic E-state index is 0.594. The fourth-order valence-electron chi connectivity index (χ4n) is 2.78. The number of anilines is 1. The van der Waals surface area contributed by atoms with Crippen molar-refractivity contribution in [3.05, 3.63) is 28.2 Å². The van der Waals surface area contributed by atoms with Gasteiger partial charge in [-0.05, 0) is 63.1 Å². The number of halogens is 2. The average molecular weight is 360 g/mol. The Labute approximate surface area is 148 Å². The van der Waals surface area contributed by atoms with Crippen molar-refractivity contribution in [3.8, 4) is 0 Å². The lowest BCUT2D eigenvalue weighted by Gasteiger charge is -2.33. The van der Waals surface area contributed by atoms with E-state index in [1.165, 1.54) is 25.8 Å². The van der Waals surface area contributed by atoms with Crippen LogP contribution in [0.4, 0.5) is 5.69 Å². The molecule has 0 bridgehead atoms. The van der Waals surface area contributed by atoms with E-state index in [1.54, 1.807) is 18.2 Å². The van der Waals surface area contributed by atoms with Crippen molar-refractivity contribution in [3.63, 3.8) is 0 Å². The molecule has 1 aliphatic heterocycles. The van der Waals surface area contributed by atoms with Gasteiger partial charge in [0.25, 0.3) is 0 Å². The number of benzene rings is 1. The fourth-order valence-corrected chi connectivity index (χ4v) is 3.52. The van der Waals surface area contributed by atoms with Crippen LogP contribution in [-0.4, -0.2) is 35.7 Å². The van der Waals surface area contributed by atoms with Crippen molar-refractivity contribution >= 4 is 46.2 Å². The molecule has 6 heteroatoms. The van der Waals surface area contributed by atoms with E-state index in [4.69, 9.17) is 35.4 Å². The Hall–Kier alpha value is -0.550. The maximum absolute atomic E-state index is 5.97. The van der Waals surface area contributed by atoms with Crippen LogP contribution < -0.4 is 10.6 Å². The van der Waals surface area contributed by atoms with Crippen molar-refractivity contribution in [2.24, 2.45) is 0 Å². The standard InChI is InChI=1S/C16H23Cl2N3S/c1-12-5-2-3-7-21(12)8-4-6-19-16(22)20-15-10-13(17)9-14(18)11-15/h9-12H,2-8H2,1H3,(H2,19,20,22). The van der Waals surface area contributed by atoms with Gasteiger partial charge in [-0.3, -0.25) is 0 Å². The second kappa shape index (κ2) is 8.92. The van der Waals surface area contributed by atoms with Crippen LogP contribution in [0.3, 0.4) is 0 Å². The summed E-state index contributed by atoms with van der Waals surface area (Å²) in [6.45, 7) is 5.54. The third-order valence-electron chi connectivity index (χ3n) is 3.97. The smallest absolute Gasteiger partial charge is 0.170 e. The molecule has 2 N–H and O–H groups in total. The first-order valence-corrected chi connectivity index (χ1v) is 8.96. The third kappa shape index (κ3) is 5.92. The molecule has 22 heavy (non-hydrogen) atoms. The zero-order chi connectivity index (χ0) is 15.9. The van der Waals surface area contributed by atoms with E-state index < -0.39 is 0 Å². The maximum atomic E-state index is 5.97. The van der Waals surface area contributed by atoms with Gasteiger partial charge in [0, 0.05) is 34.9 Å². The summed E-state index contributed by atoms with van der Waals surface area (Å²) in [6, 6.07) is 6.02. The van der Waals surface area contributed by atoms with Gasteiger partial charge in [0.15, 0.2) is 5.11 Å². The van der Waals surface area contributed by atoms with Crippen molar-refractivity contribution in [2.75, 3.05) is 25.0 Å². The van der Waals surface area contributed by atoms with Crippen LogP contribution in [0.1, 0.15) is 32.6 Å². The number of thiocarbonyl (C=S) groups is 1. The van der Waals surface area contributed by atoms with Crippen LogP contribution in [0.2, 0.25) is 10.0 Å². The third-order valence-corrected chi connectivity index (χ3v) is 4.65. The topological polar surface area (TPSA) is 27.3 Å². The van der Waals surface area contributed by atoms with Crippen molar-refractivity contribution in [2.45, 2.75) is 38.6 Å². The second-order valence-corrected chi connectivity index (χ2v) is 7.05. The summed E-state index contributed by atoms with van der Waals surface area (Å²) in [6.07, 6.45) is 5.10. The van der Waals surface area contributed by atoms with Crippen molar-refractivity contribution in [1.29, 1.82) is 0 Å². The molecular formula is C16H23Cl2N3S. The highest BCUT2D eigenvalue weighted by Crippen LogP contribution is 2.22. The number of hydrogen-bond donors (Lipinski definition) is 2. The van der Waals surface area contributed by atoms with Gasteiger partial charge in [-0.15, -0.1) is 0 Å². The minimum Gasteiger partial charge on any atom is -0.362 e. The highest BCUT2D eigenvalue weighted by atomic mass is 35.5. The van der Waals surface area contributed by atoms with E-state index in [9.17, 15) is 0 Å². The number of nitrogens with zero attached hydrogens (tertiary/aromatic N) is 1. The molecule has 1 atom stereocenters. The predicted octanol–water partition coefficient (Wildman–Crippen LogP) is 4.54. The Kier molecular flexibility index (Phi) is 7.22. The normalized spacial score (nSPS) is 19.0. The molecule has 0 amide bonds. The molecule has 0 aromatic heterocycles. The van der Waals surface area contributed by atoms with Gasteiger partial charge in [-0.25, -0.2) is 0 Å². The number of piperidine rings is 1. The molecule has 1 aromatic rings. The fraction of sp³-hybridized carbons (Fsp3) is 0.562. The van der Waals surface area contributed by atoms with Gasteiger partial charge in [0.05, 0.1) is 0 Å². The van der Waals surface area contributed by atoms with E-state index >= 15 is 0 Å². The summed E-state index contributed by atoms with van der Waals surface area (Å²) in [7, 11) is 0. The molecule has 0 saturated carbocycles. The lowest BCUT2D eigenvalue weighted by atomic mass is 10.0. The SMILES string of the molecule is CC1CCCCN1CCCNC(=S)Nc1cc(Cl)cc(Cl)c1. The Balaban J connectivity index is 1.67. The molecule has 1 fully saturated rings. The quantitative estimate of drug-likeness (QED) is 0.595. The molecule has 0 spiro atoms. The van der Waals surface area contributed by atoms with Gasteiger partial charge >= 0.3 is 0 Å². The van der Waals surface area contributed by atoms with Crippen LogP contribution in [0.15, 0.2) is 18.2 Å². The second-order valence-electron chi connectivity index (χ2n) is 5.77. The van der Waals surface area contributed by atoms with Gasteiger partial charge in [-0.1, -0.05) is 29.6 Å². The van der Waals surface area contributed by atoms with E-state index in [0.717, 1.165) is 25.2 Å². The maximum Gasteiger partial charge on any atom is 0.170 e. The molecule has 0 aliphatic carbocycles. The Bertz CT molecular complexity index is 490. The number of likely N-dealkylation sites (tertiary alicyclic amines) is 1. The largest absolute Gasteiger partial charge is 0.362 e. The van der Waals surface area contributed by atoms with Crippen LogP contribution in [0.5, 0.6) is 0 Å². The van der Waals surface area contributed by atoms with E-state index in [0.29, 0.717) is 21.2 Å². The highest BCUT2D eigenvalue weighted by Gasteiger charge is 2.16. The first kappa shape index (κ1) is 17.8. The van der Waals surface area contributed by atoms with E-state index in [-0.39, 0.29) is 0 Å². The molecule has 1 aliphatic rings. The van der Waals surface area contributed by atoms with Crippen LogP contribution in [0.25, 0.3) is 0 Å². The summed E-state index contributed by atoms with van der Waals surface area (Å²) in [5.41, 5.74) is 0.805. The molecule has 0 radical (unpaired) electrons. The van der Waals surface area contributed by atoms with Gasteiger partial charge in [-0.2, -0.15) is 0 Å². The Morgan fingerprint density at radius 3 is 2.68 bits per heavy atom. The van der Waals surface area contributed by atoms with E-state index in [2.05, 4.69) is 22.5 Å². The molecule has 2 rings (SSSR count). The summed E-state index contributed by atoms with van der Waals surface area (Å²) in [4.78, 5) is 2.57. The molecule has 3 nitrogen and oxygen atoms in total. The molecular weight excluding hydrogens is 337 g/mol. The molecule has 1 aromatic carbocycles. The summed E-state index contributed by atoms with van der Waals surface area (Å²) in [5.74, 6) is 0. The number of nitrogens with one attached hydrogen (secondary N) is 2. The molecule has 1 saturated heterocycles. The minimum absolute atomic E-state index is 0.594. The monoisotopic (exact) mass is 359 g/mol. The first-order valence-electron chi connectivity index (χ1n) is 7.79. The molecule has 122 valence electrons. The predicted molar refractivity (Wildman–Crippen MR) is 100 cm³/mol. The Morgan fingerprint density at radius 2 is 2.00 bits per heavy atom. The first-order chi connectivity index (χ1) is 10.5. The van der Waals surface area contributed by atoms with Crippen LogP contribution >= 0.6 is 35.4 Å². The van der Waals surface area contributed by atoms with Crippen LogP contribution in [-0.2, 0) is 0 Å². The molecule has 1 heterocycles. The summed E-state index contributed by atoms with van der Waals surface area (Å²) >= 11 is 17.2.